The molecule has 0 saturated carbocycles. The Balaban J connectivity index is 0.00000102. The molecular weight excluding hydrogens is 341 g/mol. The SMILES string of the molecule is CC.[B]C1(C)C=Cc2c(O)c(C(=O)N3CCOCC3)c3ccccc3c2O1. The second-order valence-corrected chi connectivity index (χ2v) is 6.54. The van der Waals surface area contributed by atoms with Gasteiger partial charge in [-0.05, 0) is 13.0 Å². The molecule has 1 saturated heterocycles. The van der Waals surface area contributed by atoms with Crippen LogP contribution in [0.5, 0.6) is 11.5 Å². The number of phenols is 1. The van der Waals surface area contributed by atoms with Gasteiger partial charge in [0.15, 0.2) is 0 Å². The van der Waals surface area contributed by atoms with Crippen LogP contribution in [0.3, 0.4) is 0 Å². The van der Waals surface area contributed by atoms with E-state index in [9.17, 15) is 9.90 Å². The topological polar surface area (TPSA) is 59.0 Å². The van der Waals surface area contributed by atoms with Crippen molar-refractivity contribution < 1.29 is 19.4 Å². The molecule has 0 bridgehead atoms. The maximum atomic E-state index is 13.1. The van der Waals surface area contributed by atoms with Gasteiger partial charge in [-0.3, -0.25) is 4.79 Å². The van der Waals surface area contributed by atoms with Crippen LogP contribution in [0.15, 0.2) is 30.3 Å². The van der Waals surface area contributed by atoms with Crippen LogP contribution in [-0.4, -0.2) is 55.6 Å². The summed E-state index contributed by atoms with van der Waals surface area (Å²) in [6.07, 6.45) is 3.39. The van der Waals surface area contributed by atoms with E-state index in [1.165, 1.54) is 0 Å². The van der Waals surface area contributed by atoms with E-state index in [-0.39, 0.29) is 11.7 Å². The standard InChI is InChI=1S/C19H18BNO4.C2H6/c1-19(20)7-6-14-16(22)15(18(23)21-8-10-24-11-9-21)12-4-2-3-5-13(12)17(14)25-19;1-2/h2-7,22H,8-11H2,1H3;1-2H3. The Morgan fingerprint density at radius 2 is 1.81 bits per heavy atom. The smallest absolute Gasteiger partial charge is 0.258 e. The molecule has 2 aliphatic rings. The molecule has 0 aromatic heterocycles. The molecule has 2 heterocycles. The first kappa shape index (κ1) is 19.3. The molecular formula is C21H24BNO4. The lowest BCUT2D eigenvalue weighted by atomic mass is 9.80. The van der Waals surface area contributed by atoms with Gasteiger partial charge in [0.25, 0.3) is 5.91 Å². The predicted molar refractivity (Wildman–Crippen MR) is 108 cm³/mol. The van der Waals surface area contributed by atoms with Crippen molar-refractivity contribution in [1.82, 2.24) is 4.90 Å². The molecule has 2 aromatic rings. The number of morpholine rings is 1. The Hall–Kier alpha value is -2.47. The van der Waals surface area contributed by atoms with Gasteiger partial charge in [0.1, 0.15) is 19.3 Å². The van der Waals surface area contributed by atoms with Crippen molar-refractivity contribution in [3.63, 3.8) is 0 Å². The Labute approximate surface area is 161 Å². The first-order valence-corrected chi connectivity index (χ1v) is 9.30. The summed E-state index contributed by atoms with van der Waals surface area (Å²) >= 11 is 0. The fraction of sp³-hybridized carbons (Fsp3) is 0.381. The number of phenolic OH excluding ortho intramolecular Hbond substituents is 1. The van der Waals surface area contributed by atoms with Crippen LogP contribution < -0.4 is 4.74 Å². The number of nitrogens with zero attached hydrogens (tertiary/aromatic N) is 1. The number of hydrogen-bond acceptors (Lipinski definition) is 4. The molecule has 1 unspecified atom stereocenters. The third-order valence-electron chi connectivity index (χ3n) is 4.59. The summed E-state index contributed by atoms with van der Waals surface area (Å²) in [6, 6.07) is 7.40. The lowest BCUT2D eigenvalue weighted by Crippen LogP contribution is -2.41. The van der Waals surface area contributed by atoms with Gasteiger partial charge >= 0.3 is 0 Å². The van der Waals surface area contributed by atoms with Gasteiger partial charge in [-0.1, -0.05) is 44.2 Å². The number of hydrogen-bond donors (Lipinski definition) is 1. The molecule has 1 fully saturated rings. The molecule has 2 aliphatic heterocycles. The van der Waals surface area contributed by atoms with Crippen molar-refractivity contribution in [2.24, 2.45) is 0 Å². The summed E-state index contributed by atoms with van der Waals surface area (Å²) in [5.41, 5.74) is -0.179. The van der Waals surface area contributed by atoms with Gasteiger partial charge in [-0.2, -0.15) is 0 Å². The van der Waals surface area contributed by atoms with Gasteiger partial charge in [-0.25, -0.2) is 0 Å². The highest BCUT2D eigenvalue weighted by Crippen LogP contribution is 2.45. The monoisotopic (exact) mass is 365 g/mol. The Kier molecular flexibility index (Phi) is 5.47. The highest BCUT2D eigenvalue weighted by molar-refractivity contribution is 6.18. The third-order valence-corrected chi connectivity index (χ3v) is 4.59. The molecule has 27 heavy (non-hydrogen) atoms. The van der Waals surface area contributed by atoms with E-state index in [1.807, 2.05) is 38.1 Å². The van der Waals surface area contributed by atoms with Crippen molar-refractivity contribution in [2.45, 2.75) is 26.3 Å². The number of carbonyl (C=O) groups excluding carboxylic acids is 1. The van der Waals surface area contributed by atoms with Crippen LogP contribution in [0.25, 0.3) is 16.8 Å². The van der Waals surface area contributed by atoms with E-state index >= 15 is 0 Å². The number of carbonyl (C=O) groups is 1. The lowest BCUT2D eigenvalue weighted by molar-refractivity contribution is 0.0302. The van der Waals surface area contributed by atoms with Crippen molar-refractivity contribution in [2.75, 3.05) is 26.3 Å². The summed E-state index contributed by atoms with van der Waals surface area (Å²) < 4.78 is 11.2. The van der Waals surface area contributed by atoms with Gasteiger partial charge in [0.2, 0.25) is 0 Å². The van der Waals surface area contributed by atoms with Gasteiger partial charge in [-0.15, -0.1) is 0 Å². The predicted octanol–water partition coefficient (Wildman–Crippen LogP) is 3.33. The molecule has 6 heteroatoms. The quantitative estimate of drug-likeness (QED) is 0.788. The van der Waals surface area contributed by atoms with Gasteiger partial charge in [0.05, 0.1) is 29.8 Å². The molecule has 0 aliphatic carbocycles. The molecule has 140 valence electrons. The van der Waals surface area contributed by atoms with Gasteiger partial charge < -0.3 is 19.5 Å². The normalized spacial score (nSPS) is 21.1. The van der Waals surface area contributed by atoms with Crippen molar-refractivity contribution in [1.29, 1.82) is 0 Å². The first-order valence-electron chi connectivity index (χ1n) is 9.30. The second-order valence-electron chi connectivity index (χ2n) is 6.54. The second kappa shape index (κ2) is 7.65. The number of ether oxygens (including phenoxy) is 2. The number of aromatic hydroxyl groups is 1. The highest BCUT2D eigenvalue weighted by atomic mass is 16.5. The summed E-state index contributed by atoms with van der Waals surface area (Å²) in [5.74, 6) is 0.227. The summed E-state index contributed by atoms with van der Waals surface area (Å²) in [5, 5.41) is 12.3. The van der Waals surface area contributed by atoms with E-state index in [2.05, 4.69) is 0 Å². The fourth-order valence-corrected chi connectivity index (χ4v) is 3.32. The van der Waals surface area contributed by atoms with E-state index < -0.39 is 5.50 Å². The maximum absolute atomic E-state index is 13.1. The van der Waals surface area contributed by atoms with Crippen LogP contribution in [0.2, 0.25) is 0 Å². The van der Waals surface area contributed by atoms with E-state index in [4.69, 9.17) is 17.3 Å². The van der Waals surface area contributed by atoms with Crippen molar-refractivity contribution >= 4 is 30.6 Å². The van der Waals surface area contributed by atoms with Crippen molar-refractivity contribution in [3.8, 4) is 11.5 Å². The first-order chi connectivity index (χ1) is 13.0. The molecule has 1 amide bonds. The summed E-state index contributed by atoms with van der Waals surface area (Å²) in [6.45, 7) is 7.77. The molecule has 1 atom stereocenters. The van der Waals surface area contributed by atoms with E-state index in [1.54, 1.807) is 24.0 Å². The minimum Gasteiger partial charge on any atom is -0.506 e. The molecule has 4 rings (SSSR count). The molecule has 2 radical (unpaired) electrons. The minimum absolute atomic E-state index is 0.0723. The molecule has 5 nitrogen and oxygen atoms in total. The van der Waals surface area contributed by atoms with E-state index in [0.717, 1.165) is 5.39 Å². The van der Waals surface area contributed by atoms with Crippen LogP contribution in [0, 0.1) is 0 Å². The Morgan fingerprint density at radius 1 is 1.19 bits per heavy atom. The Morgan fingerprint density at radius 3 is 2.48 bits per heavy atom. The third kappa shape index (κ3) is 3.54. The zero-order chi connectivity index (χ0) is 19.6. The number of amides is 1. The molecule has 1 N–H and O–H groups in total. The van der Waals surface area contributed by atoms with Crippen molar-refractivity contribution in [3.05, 3.63) is 41.5 Å². The Bertz CT molecular complexity index is 885. The van der Waals surface area contributed by atoms with Crippen LogP contribution >= 0.6 is 0 Å². The average Bonchev–Trinajstić information content (AvgIpc) is 2.69. The lowest BCUT2D eigenvalue weighted by Gasteiger charge is -2.32. The van der Waals surface area contributed by atoms with Crippen LogP contribution in [0.1, 0.15) is 36.7 Å². The average molecular weight is 365 g/mol. The summed E-state index contributed by atoms with van der Waals surface area (Å²) in [7, 11) is 6.07. The van der Waals surface area contributed by atoms with E-state index in [0.29, 0.717) is 48.6 Å². The number of benzene rings is 2. The van der Waals surface area contributed by atoms with Gasteiger partial charge in [0, 0.05) is 23.9 Å². The number of fused-ring (bicyclic) bond motifs is 3. The molecule has 0 spiro atoms. The highest BCUT2D eigenvalue weighted by Gasteiger charge is 2.31. The zero-order valence-electron chi connectivity index (χ0n) is 16.0. The molecule has 2 aromatic carbocycles. The number of rotatable bonds is 1. The minimum atomic E-state index is -0.960. The van der Waals surface area contributed by atoms with Crippen LogP contribution in [-0.2, 0) is 4.74 Å². The fourth-order valence-electron chi connectivity index (χ4n) is 3.32. The largest absolute Gasteiger partial charge is 0.506 e. The van der Waals surface area contributed by atoms with Crippen LogP contribution in [0.4, 0.5) is 0 Å². The zero-order valence-corrected chi connectivity index (χ0v) is 16.0. The summed E-state index contributed by atoms with van der Waals surface area (Å²) in [4.78, 5) is 14.8. The maximum Gasteiger partial charge on any atom is 0.258 e.